The Balaban J connectivity index is 1.91. The summed E-state index contributed by atoms with van der Waals surface area (Å²) < 4.78 is 12.9. The minimum atomic E-state index is 0.738. The lowest BCUT2D eigenvalue weighted by Gasteiger charge is -2.15. The normalized spacial score (nSPS) is 11.2. The van der Waals surface area contributed by atoms with Crippen LogP contribution in [-0.4, -0.2) is 37.3 Å². The molecule has 0 radical (unpaired) electrons. The lowest BCUT2D eigenvalue weighted by Crippen LogP contribution is -2.18. The Hall–Kier alpha value is -0.550. The van der Waals surface area contributed by atoms with Crippen molar-refractivity contribution in [1.82, 2.24) is 4.31 Å². The minimum absolute atomic E-state index is 0.738. The van der Waals surface area contributed by atoms with Gasteiger partial charge in [-0.05, 0) is 31.7 Å². The predicted molar refractivity (Wildman–Crippen MR) is 87.0 cm³/mol. The largest absolute Gasteiger partial charge is 0.382 e. The van der Waals surface area contributed by atoms with Gasteiger partial charge in [0.1, 0.15) is 0 Å². The fraction of sp³-hybridized carbons (Fsp3) is 0.625. The highest BCUT2D eigenvalue weighted by Gasteiger charge is 2.00. The van der Waals surface area contributed by atoms with Gasteiger partial charge >= 0.3 is 0 Å². The molecule has 114 valence electrons. The molecule has 1 aromatic carbocycles. The molecule has 0 aliphatic rings. The van der Waals surface area contributed by atoms with E-state index in [9.17, 15) is 0 Å². The lowest BCUT2D eigenvalue weighted by atomic mass is 10.2. The Labute approximate surface area is 128 Å². The highest BCUT2D eigenvalue weighted by atomic mass is 32.1. The average Bonchev–Trinajstić information content (AvgIpc) is 2.46. The van der Waals surface area contributed by atoms with Gasteiger partial charge < -0.3 is 9.47 Å². The van der Waals surface area contributed by atoms with Gasteiger partial charge in [-0.25, -0.2) is 4.31 Å². The first kappa shape index (κ1) is 17.5. The van der Waals surface area contributed by atoms with Gasteiger partial charge in [0.15, 0.2) is 0 Å². The van der Waals surface area contributed by atoms with Crippen molar-refractivity contribution in [2.75, 3.05) is 33.0 Å². The van der Waals surface area contributed by atoms with Crippen molar-refractivity contribution in [2.24, 2.45) is 0 Å². The van der Waals surface area contributed by atoms with Crippen molar-refractivity contribution in [3.63, 3.8) is 0 Å². The molecule has 0 aliphatic heterocycles. The van der Waals surface area contributed by atoms with Crippen LogP contribution in [0.15, 0.2) is 30.3 Å². The number of unbranched alkanes of at least 4 members (excludes halogenated alkanes) is 2. The summed E-state index contributed by atoms with van der Waals surface area (Å²) in [5, 5.41) is 0. The molecule has 0 atom stereocenters. The van der Waals surface area contributed by atoms with E-state index in [2.05, 4.69) is 37.1 Å². The smallest absolute Gasteiger partial charge is 0.0602 e. The van der Waals surface area contributed by atoms with E-state index in [4.69, 9.17) is 9.47 Å². The molecule has 0 saturated carbocycles. The molecule has 0 amide bonds. The molecule has 0 saturated heterocycles. The monoisotopic (exact) mass is 297 g/mol. The zero-order valence-corrected chi connectivity index (χ0v) is 13.4. The van der Waals surface area contributed by atoms with Gasteiger partial charge in [-0.1, -0.05) is 43.1 Å². The molecule has 0 aromatic heterocycles. The third-order valence-corrected chi connectivity index (χ3v) is 3.32. The van der Waals surface area contributed by atoms with Crippen molar-refractivity contribution in [3.8, 4) is 0 Å². The van der Waals surface area contributed by atoms with Crippen molar-refractivity contribution >= 4 is 12.8 Å². The fourth-order valence-corrected chi connectivity index (χ4v) is 2.12. The molecule has 4 heteroatoms. The number of benzene rings is 1. The van der Waals surface area contributed by atoms with Crippen molar-refractivity contribution in [2.45, 2.75) is 32.7 Å². The van der Waals surface area contributed by atoms with E-state index in [1.165, 1.54) is 12.0 Å². The summed E-state index contributed by atoms with van der Waals surface area (Å²) in [5.74, 6) is 0. The molecule has 0 fully saturated rings. The first-order valence-corrected chi connectivity index (χ1v) is 7.86. The summed E-state index contributed by atoms with van der Waals surface area (Å²) in [6.45, 7) is 6.98. The second kappa shape index (κ2) is 12.2. The van der Waals surface area contributed by atoms with Gasteiger partial charge in [-0.2, -0.15) is 0 Å². The molecule has 1 rings (SSSR count). The maximum absolute atomic E-state index is 5.62. The Morgan fingerprint density at radius 2 is 1.65 bits per heavy atom. The van der Waals surface area contributed by atoms with Crippen molar-refractivity contribution < 1.29 is 9.47 Å². The van der Waals surface area contributed by atoms with Gasteiger partial charge in [-0.15, -0.1) is 0 Å². The first-order valence-electron chi connectivity index (χ1n) is 7.46. The van der Waals surface area contributed by atoms with E-state index in [-0.39, 0.29) is 0 Å². The number of ether oxygens (including phenoxy) is 2. The Morgan fingerprint density at radius 1 is 0.950 bits per heavy atom. The summed E-state index contributed by atoms with van der Waals surface area (Å²) in [4.78, 5) is 0. The number of hydrogen-bond donors (Lipinski definition) is 1. The molecule has 0 heterocycles. The van der Waals surface area contributed by atoms with Crippen molar-refractivity contribution in [1.29, 1.82) is 0 Å². The predicted octanol–water partition coefficient (Wildman–Crippen LogP) is 3.56. The van der Waals surface area contributed by atoms with E-state index in [1.54, 1.807) is 0 Å². The first-order chi connectivity index (χ1) is 9.83. The fourth-order valence-electron chi connectivity index (χ4n) is 1.87. The second-order valence-electron chi connectivity index (χ2n) is 4.74. The number of rotatable bonds is 12. The topological polar surface area (TPSA) is 21.7 Å². The van der Waals surface area contributed by atoms with Gasteiger partial charge in [-0.3, -0.25) is 0 Å². The number of hydrogen-bond acceptors (Lipinski definition) is 4. The molecule has 1 aromatic rings. The molecular formula is C16H27NO2S. The van der Waals surface area contributed by atoms with E-state index < -0.39 is 0 Å². The third kappa shape index (κ3) is 9.37. The minimum Gasteiger partial charge on any atom is -0.382 e. The van der Waals surface area contributed by atoms with Crippen LogP contribution in [0.1, 0.15) is 31.7 Å². The van der Waals surface area contributed by atoms with E-state index in [0.29, 0.717) is 0 Å². The highest BCUT2D eigenvalue weighted by Crippen LogP contribution is 2.06. The average molecular weight is 297 g/mol. The molecule has 3 nitrogen and oxygen atoms in total. The standard InChI is InChI=1S/C16H27NO2S/c1-2-18-12-7-4-8-13-19-14-11-17(20)15-16-9-5-3-6-10-16/h3,5-6,9-10,20H,2,4,7-8,11-15H2,1H3. The summed E-state index contributed by atoms with van der Waals surface area (Å²) in [5.41, 5.74) is 1.28. The van der Waals surface area contributed by atoms with Crippen LogP contribution in [0.5, 0.6) is 0 Å². The van der Waals surface area contributed by atoms with E-state index in [0.717, 1.165) is 52.4 Å². The number of thiol groups is 1. The van der Waals surface area contributed by atoms with Crippen LogP contribution in [0.25, 0.3) is 0 Å². The van der Waals surface area contributed by atoms with Gasteiger partial charge in [0.2, 0.25) is 0 Å². The molecule has 0 N–H and O–H groups in total. The zero-order valence-electron chi connectivity index (χ0n) is 12.5. The maximum Gasteiger partial charge on any atom is 0.0602 e. The van der Waals surface area contributed by atoms with Crippen LogP contribution in [-0.2, 0) is 16.0 Å². The van der Waals surface area contributed by atoms with Gasteiger partial charge in [0.05, 0.1) is 6.61 Å². The Kier molecular flexibility index (Phi) is 10.7. The molecule has 20 heavy (non-hydrogen) atoms. The van der Waals surface area contributed by atoms with E-state index >= 15 is 0 Å². The third-order valence-electron chi connectivity index (χ3n) is 2.98. The lowest BCUT2D eigenvalue weighted by molar-refractivity contribution is 0.113. The van der Waals surface area contributed by atoms with Crippen LogP contribution in [0.2, 0.25) is 0 Å². The Bertz CT molecular complexity index is 322. The summed E-state index contributed by atoms with van der Waals surface area (Å²) in [6.07, 6.45) is 3.41. The Morgan fingerprint density at radius 3 is 2.35 bits per heavy atom. The number of nitrogens with zero attached hydrogens (tertiary/aromatic N) is 1. The van der Waals surface area contributed by atoms with Crippen LogP contribution in [0.4, 0.5) is 0 Å². The quantitative estimate of drug-likeness (QED) is 0.471. The van der Waals surface area contributed by atoms with Gasteiger partial charge in [0.25, 0.3) is 0 Å². The maximum atomic E-state index is 5.62. The van der Waals surface area contributed by atoms with E-state index in [1.807, 2.05) is 17.3 Å². The molecule has 0 spiro atoms. The molecule has 0 aliphatic carbocycles. The molecule has 0 unspecified atom stereocenters. The molecular weight excluding hydrogens is 270 g/mol. The van der Waals surface area contributed by atoms with Gasteiger partial charge in [0, 0.05) is 32.9 Å². The highest BCUT2D eigenvalue weighted by molar-refractivity contribution is 7.77. The SMILES string of the molecule is CCOCCCCCOCCN(S)Cc1ccccc1. The van der Waals surface area contributed by atoms with Crippen LogP contribution in [0.3, 0.4) is 0 Å². The summed E-state index contributed by atoms with van der Waals surface area (Å²) in [6, 6.07) is 10.4. The summed E-state index contributed by atoms with van der Waals surface area (Å²) in [7, 11) is 0. The van der Waals surface area contributed by atoms with Crippen LogP contribution in [0, 0.1) is 0 Å². The zero-order chi connectivity index (χ0) is 14.5. The van der Waals surface area contributed by atoms with Crippen LogP contribution >= 0.6 is 12.8 Å². The van der Waals surface area contributed by atoms with Crippen LogP contribution < -0.4 is 0 Å². The summed E-state index contributed by atoms with van der Waals surface area (Å²) >= 11 is 4.46. The second-order valence-corrected chi connectivity index (χ2v) is 5.31. The molecule has 0 bridgehead atoms. The van der Waals surface area contributed by atoms with Crippen molar-refractivity contribution in [3.05, 3.63) is 35.9 Å².